The van der Waals surface area contributed by atoms with Crippen molar-refractivity contribution >= 4 is 5.97 Å². The molecule has 4 nitrogen and oxygen atoms in total. The molecule has 1 fully saturated rings. The summed E-state index contributed by atoms with van der Waals surface area (Å²) in [6, 6.07) is 0. The van der Waals surface area contributed by atoms with E-state index in [0.29, 0.717) is 6.42 Å². The summed E-state index contributed by atoms with van der Waals surface area (Å²) < 4.78 is 4.59. The molecule has 1 saturated heterocycles. The summed E-state index contributed by atoms with van der Waals surface area (Å²) >= 11 is 0. The fraction of sp³-hybridized carbons (Fsp3) is 0.889. The van der Waals surface area contributed by atoms with Crippen LogP contribution in [-0.4, -0.2) is 50.7 Å². The van der Waals surface area contributed by atoms with Crippen LogP contribution in [0.3, 0.4) is 0 Å². The van der Waals surface area contributed by atoms with Gasteiger partial charge in [0, 0.05) is 19.6 Å². The lowest BCUT2D eigenvalue weighted by Crippen LogP contribution is -2.30. The number of hydrogen-bond donors (Lipinski definition) is 1. The first-order valence-corrected chi connectivity index (χ1v) is 4.83. The van der Waals surface area contributed by atoms with Crippen LogP contribution in [-0.2, 0) is 9.53 Å². The Hall–Kier alpha value is -0.610. The van der Waals surface area contributed by atoms with E-state index in [1.54, 1.807) is 0 Å². The van der Waals surface area contributed by atoms with Gasteiger partial charge in [-0.1, -0.05) is 0 Å². The number of carbonyl (C=O) groups excluding carboxylic acids is 1. The zero-order valence-corrected chi connectivity index (χ0v) is 8.21. The van der Waals surface area contributed by atoms with E-state index in [4.69, 9.17) is 0 Å². The minimum atomic E-state index is -0.114. The second kappa shape index (κ2) is 5.94. The molecule has 1 aliphatic heterocycles. The quantitative estimate of drug-likeness (QED) is 0.622. The molecule has 0 saturated carbocycles. The molecule has 0 atom stereocenters. The Labute approximate surface area is 79.2 Å². The number of methoxy groups -OCH3 is 1. The van der Waals surface area contributed by atoms with Crippen molar-refractivity contribution in [1.82, 2.24) is 10.2 Å². The molecule has 4 heteroatoms. The Bertz CT molecular complexity index is 154. The van der Waals surface area contributed by atoms with Crippen molar-refractivity contribution in [3.63, 3.8) is 0 Å². The third kappa shape index (κ3) is 4.24. The van der Waals surface area contributed by atoms with Crippen molar-refractivity contribution in [2.45, 2.75) is 12.8 Å². The van der Waals surface area contributed by atoms with E-state index in [0.717, 1.165) is 32.7 Å². The van der Waals surface area contributed by atoms with Gasteiger partial charge in [0.1, 0.15) is 0 Å². The molecule has 1 N–H and O–H groups in total. The molecule has 0 bridgehead atoms. The zero-order chi connectivity index (χ0) is 9.52. The zero-order valence-electron chi connectivity index (χ0n) is 8.21. The Morgan fingerprint density at radius 2 is 2.31 bits per heavy atom. The van der Waals surface area contributed by atoms with Crippen LogP contribution < -0.4 is 5.32 Å². The maximum absolute atomic E-state index is 10.9. The molecule has 0 aliphatic carbocycles. The van der Waals surface area contributed by atoms with E-state index in [9.17, 15) is 4.79 Å². The standard InChI is InChI=1S/C9H18N2O2/c1-13-9(12)3-7-11-6-2-4-10-5-8-11/h10H,2-8H2,1H3. The van der Waals surface area contributed by atoms with Crippen molar-refractivity contribution < 1.29 is 9.53 Å². The maximum atomic E-state index is 10.9. The lowest BCUT2D eigenvalue weighted by atomic mass is 10.3. The smallest absolute Gasteiger partial charge is 0.306 e. The number of ether oxygens (including phenoxy) is 1. The Morgan fingerprint density at radius 3 is 3.08 bits per heavy atom. The summed E-state index contributed by atoms with van der Waals surface area (Å²) in [4.78, 5) is 13.2. The molecule has 76 valence electrons. The van der Waals surface area contributed by atoms with Crippen molar-refractivity contribution in [1.29, 1.82) is 0 Å². The van der Waals surface area contributed by atoms with E-state index in [-0.39, 0.29) is 5.97 Å². The van der Waals surface area contributed by atoms with Gasteiger partial charge < -0.3 is 15.0 Å². The Morgan fingerprint density at radius 1 is 1.46 bits per heavy atom. The van der Waals surface area contributed by atoms with E-state index in [1.165, 1.54) is 13.5 Å². The van der Waals surface area contributed by atoms with Crippen LogP contribution >= 0.6 is 0 Å². The third-order valence-electron chi connectivity index (χ3n) is 2.29. The second-order valence-corrected chi connectivity index (χ2v) is 3.27. The summed E-state index contributed by atoms with van der Waals surface area (Å²) in [5.74, 6) is -0.114. The molecule has 0 unspecified atom stereocenters. The highest BCUT2D eigenvalue weighted by molar-refractivity contribution is 5.69. The summed E-state index contributed by atoms with van der Waals surface area (Å²) in [6.45, 7) is 5.07. The van der Waals surface area contributed by atoms with Gasteiger partial charge in [0.2, 0.25) is 0 Å². The fourth-order valence-electron chi connectivity index (χ4n) is 1.48. The minimum Gasteiger partial charge on any atom is -0.469 e. The van der Waals surface area contributed by atoms with Crippen LogP contribution in [0.4, 0.5) is 0 Å². The molecule has 0 amide bonds. The molecule has 13 heavy (non-hydrogen) atoms. The normalized spacial score (nSPS) is 19.5. The van der Waals surface area contributed by atoms with Crippen molar-refractivity contribution in [3.05, 3.63) is 0 Å². The van der Waals surface area contributed by atoms with E-state index < -0.39 is 0 Å². The molecule has 0 aromatic rings. The maximum Gasteiger partial charge on any atom is 0.306 e. The van der Waals surface area contributed by atoms with E-state index >= 15 is 0 Å². The first-order valence-electron chi connectivity index (χ1n) is 4.83. The highest BCUT2D eigenvalue weighted by atomic mass is 16.5. The average Bonchev–Trinajstić information content (AvgIpc) is 2.42. The van der Waals surface area contributed by atoms with Gasteiger partial charge >= 0.3 is 5.97 Å². The van der Waals surface area contributed by atoms with E-state index in [2.05, 4.69) is 15.0 Å². The second-order valence-electron chi connectivity index (χ2n) is 3.27. The average molecular weight is 186 g/mol. The highest BCUT2D eigenvalue weighted by Gasteiger charge is 2.09. The molecule has 1 heterocycles. The van der Waals surface area contributed by atoms with Crippen LogP contribution in [0.15, 0.2) is 0 Å². The molecule has 0 spiro atoms. The summed E-state index contributed by atoms with van der Waals surface area (Å²) in [5, 5.41) is 3.32. The summed E-state index contributed by atoms with van der Waals surface area (Å²) in [6.07, 6.45) is 1.68. The molecule has 0 aromatic heterocycles. The molecule has 0 aromatic carbocycles. The first-order chi connectivity index (χ1) is 6.33. The fourth-order valence-corrected chi connectivity index (χ4v) is 1.48. The number of carbonyl (C=O) groups is 1. The highest BCUT2D eigenvalue weighted by Crippen LogP contribution is 1.97. The van der Waals surface area contributed by atoms with Gasteiger partial charge in [-0.15, -0.1) is 0 Å². The van der Waals surface area contributed by atoms with Gasteiger partial charge in [0.05, 0.1) is 13.5 Å². The Balaban J connectivity index is 2.15. The van der Waals surface area contributed by atoms with Crippen LogP contribution in [0.1, 0.15) is 12.8 Å². The first kappa shape index (κ1) is 10.5. The summed E-state index contributed by atoms with van der Waals surface area (Å²) in [5.41, 5.74) is 0. The van der Waals surface area contributed by atoms with Gasteiger partial charge in [0.25, 0.3) is 0 Å². The van der Waals surface area contributed by atoms with Crippen LogP contribution in [0.2, 0.25) is 0 Å². The molecule has 0 radical (unpaired) electrons. The number of nitrogens with zero attached hydrogens (tertiary/aromatic N) is 1. The van der Waals surface area contributed by atoms with Crippen LogP contribution in [0.25, 0.3) is 0 Å². The van der Waals surface area contributed by atoms with Gasteiger partial charge in [-0.25, -0.2) is 0 Å². The van der Waals surface area contributed by atoms with Gasteiger partial charge in [-0.2, -0.15) is 0 Å². The predicted octanol–water partition coefficient (Wildman–Crippen LogP) is -0.155. The van der Waals surface area contributed by atoms with Gasteiger partial charge in [0.15, 0.2) is 0 Å². The number of nitrogens with one attached hydrogen (secondary N) is 1. The Kier molecular flexibility index (Phi) is 4.78. The third-order valence-corrected chi connectivity index (χ3v) is 2.29. The van der Waals surface area contributed by atoms with Crippen molar-refractivity contribution in [3.8, 4) is 0 Å². The molecule has 1 rings (SSSR count). The topological polar surface area (TPSA) is 41.6 Å². The SMILES string of the molecule is COC(=O)CCN1CCCNCC1. The monoisotopic (exact) mass is 186 g/mol. The van der Waals surface area contributed by atoms with Crippen LogP contribution in [0, 0.1) is 0 Å². The van der Waals surface area contributed by atoms with Crippen molar-refractivity contribution in [2.75, 3.05) is 39.8 Å². The lowest BCUT2D eigenvalue weighted by molar-refractivity contribution is -0.140. The molecular formula is C9H18N2O2. The lowest BCUT2D eigenvalue weighted by Gasteiger charge is -2.18. The number of rotatable bonds is 3. The van der Waals surface area contributed by atoms with Crippen molar-refractivity contribution in [2.24, 2.45) is 0 Å². The molecular weight excluding hydrogens is 168 g/mol. The summed E-state index contributed by atoms with van der Waals surface area (Å²) in [7, 11) is 1.44. The number of esters is 1. The van der Waals surface area contributed by atoms with E-state index in [1.807, 2.05) is 0 Å². The largest absolute Gasteiger partial charge is 0.469 e. The number of hydrogen-bond acceptors (Lipinski definition) is 4. The molecule has 1 aliphatic rings. The van der Waals surface area contributed by atoms with Gasteiger partial charge in [-0.3, -0.25) is 4.79 Å². The van der Waals surface area contributed by atoms with Gasteiger partial charge in [-0.05, 0) is 19.5 Å². The predicted molar refractivity (Wildman–Crippen MR) is 50.6 cm³/mol. The van der Waals surface area contributed by atoms with Crippen LogP contribution in [0.5, 0.6) is 0 Å². The minimum absolute atomic E-state index is 0.114.